The van der Waals surface area contributed by atoms with Gasteiger partial charge in [-0.3, -0.25) is 19.5 Å². The number of nitriles is 1. The maximum atomic E-state index is 14.5. The molecule has 0 saturated carbocycles. The number of allylic oxidation sites excluding steroid dienone is 2. The Kier molecular flexibility index (Phi) is 7.72. The zero-order valence-corrected chi connectivity index (χ0v) is 18.6. The van der Waals surface area contributed by atoms with E-state index in [-0.39, 0.29) is 17.1 Å². The zero-order chi connectivity index (χ0) is 24.0. The topological polar surface area (TPSA) is 113 Å². The summed E-state index contributed by atoms with van der Waals surface area (Å²) in [5, 5.41) is 15.8. The summed E-state index contributed by atoms with van der Waals surface area (Å²) in [6, 6.07) is 5.61. The average Bonchev–Trinajstić information content (AvgIpc) is 3.18. The highest BCUT2D eigenvalue weighted by molar-refractivity contribution is 6.16. The Morgan fingerprint density at radius 1 is 1.39 bits per heavy atom. The summed E-state index contributed by atoms with van der Waals surface area (Å²) in [6.07, 6.45) is 9.22. The molecular formula is C24H26F2N6O. The predicted molar refractivity (Wildman–Crippen MR) is 125 cm³/mol. The normalized spacial score (nSPS) is 13.0. The summed E-state index contributed by atoms with van der Waals surface area (Å²) in [5.41, 5.74) is 5.92. The molecule has 0 radical (unpaired) electrons. The largest absolute Gasteiger partial charge is 0.382 e. The molecule has 3 N–H and O–H groups in total. The number of hydrogen-bond donors (Lipinski definition) is 2. The molecule has 0 fully saturated rings. The van der Waals surface area contributed by atoms with Gasteiger partial charge in [0.1, 0.15) is 22.7 Å². The first-order valence-corrected chi connectivity index (χ1v) is 10.8. The van der Waals surface area contributed by atoms with E-state index in [2.05, 4.69) is 28.2 Å². The Balaban J connectivity index is 2.09. The minimum absolute atomic E-state index is 0.0232. The quantitative estimate of drug-likeness (QED) is 0.460. The van der Waals surface area contributed by atoms with Crippen LogP contribution in [0.25, 0.3) is 16.6 Å². The second kappa shape index (κ2) is 10.7. The monoisotopic (exact) mass is 452 g/mol. The number of nitrogen functional groups attached to an aromatic ring is 1. The van der Waals surface area contributed by atoms with Crippen molar-refractivity contribution in [1.82, 2.24) is 14.8 Å². The maximum absolute atomic E-state index is 14.5. The van der Waals surface area contributed by atoms with Crippen molar-refractivity contribution in [2.75, 3.05) is 12.8 Å². The molecule has 0 aliphatic carbocycles. The second-order valence-corrected chi connectivity index (χ2v) is 7.76. The van der Waals surface area contributed by atoms with Crippen molar-refractivity contribution >= 4 is 22.4 Å². The number of anilines is 1. The molecule has 3 aromatic rings. The first kappa shape index (κ1) is 23.9. The molecule has 1 aromatic carbocycles. The number of rotatable bonds is 9. The summed E-state index contributed by atoms with van der Waals surface area (Å²) in [5.74, 6) is -1.61. The molecule has 0 aliphatic heterocycles. The van der Waals surface area contributed by atoms with Gasteiger partial charge in [-0.05, 0) is 37.0 Å². The number of nitrogens with zero attached hydrogens (tertiary/aromatic N) is 4. The minimum Gasteiger partial charge on any atom is -0.382 e. The highest BCUT2D eigenvalue weighted by atomic mass is 19.1. The van der Waals surface area contributed by atoms with E-state index in [0.29, 0.717) is 29.6 Å². The van der Waals surface area contributed by atoms with Gasteiger partial charge in [0.2, 0.25) is 0 Å². The zero-order valence-electron chi connectivity index (χ0n) is 18.6. The van der Waals surface area contributed by atoms with E-state index in [0.717, 1.165) is 36.0 Å². The van der Waals surface area contributed by atoms with E-state index in [4.69, 9.17) is 11.0 Å². The van der Waals surface area contributed by atoms with Crippen molar-refractivity contribution in [3.8, 4) is 11.8 Å². The fourth-order valence-electron chi connectivity index (χ4n) is 3.80. The molecule has 0 spiro atoms. The standard InChI is InChI=1S/C24H26F2N6O/c1-3-4-7-15(12-13-27)8-5-11-19(29-2)16-14-32(22-17(25)9-6-10-18(22)26)24(33)20-21(16)30-31-23(20)28/h5-6,9-11,14-15H,3-4,7-8,12H2,1-2H3,(H3,28,30,31)/b11-5+,29-19+/t15-/m0/s1. The van der Waals surface area contributed by atoms with Crippen LogP contribution in [0.2, 0.25) is 0 Å². The van der Waals surface area contributed by atoms with Gasteiger partial charge in [0.15, 0.2) is 5.82 Å². The molecule has 1 atom stereocenters. The molecule has 0 bridgehead atoms. The molecule has 0 amide bonds. The number of unbranched alkanes of at least 4 members (excludes halogenated alkanes) is 1. The fourth-order valence-corrected chi connectivity index (χ4v) is 3.80. The van der Waals surface area contributed by atoms with Crippen molar-refractivity contribution in [3.63, 3.8) is 0 Å². The molecule has 2 heterocycles. The van der Waals surface area contributed by atoms with Gasteiger partial charge in [0.05, 0.1) is 17.3 Å². The third-order valence-electron chi connectivity index (χ3n) is 5.54. The van der Waals surface area contributed by atoms with Crippen LogP contribution in [0.4, 0.5) is 14.6 Å². The molecule has 0 unspecified atom stereocenters. The molecular weight excluding hydrogens is 426 g/mol. The lowest BCUT2D eigenvalue weighted by Crippen LogP contribution is -2.22. The number of nitrogens with one attached hydrogen (secondary N) is 1. The van der Waals surface area contributed by atoms with Crippen molar-refractivity contribution in [2.24, 2.45) is 10.9 Å². The molecule has 172 valence electrons. The Morgan fingerprint density at radius 3 is 2.76 bits per heavy atom. The number of nitrogens with two attached hydrogens (primary N) is 1. The Hall–Kier alpha value is -3.80. The second-order valence-electron chi connectivity index (χ2n) is 7.76. The Bertz CT molecular complexity index is 1280. The molecule has 33 heavy (non-hydrogen) atoms. The van der Waals surface area contributed by atoms with Gasteiger partial charge in [-0.25, -0.2) is 8.78 Å². The summed E-state index contributed by atoms with van der Waals surface area (Å²) in [6.45, 7) is 2.11. The number of aromatic amines is 1. The lowest BCUT2D eigenvalue weighted by atomic mass is 9.95. The maximum Gasteiger partial charge on any atom is 0.268 e. The highest BCUT2D eigenvalue weighted by Crippen LogP contribution is 2.24. The molecule has 2 aromatic heterocycles. The number of fused-ring (bicyclic) bond motifs is 1. The van der Waals surface area contributed by atoms with E-state index in [1.807, 2.05) is 6.08 Å². The number of aliphatic imine (C=N–C) groups is 1. The first-order chi connectivity index (χ1) is 15.9. The number of benzene rings is 1. The first-order valence-electron chi connectivity index (χ1n) is 10.8. The van der Waals surface area contributed by atoms with E-state index < -0.39 is 22.9 Å². The van der Waals surface area contributed by atoms with Gasteiger partial charge < -0.3 is 5.73 Å². The summed E-state index contributed by atoms with van der Waals surface area (Å²) >= 11 is 0. The highest BCUT2D eigenvalue weighted by Gasteiger charge is 2.21. The number of halogens is 2. The van der Waals surface area contributed by atoms with Crippen molar-refractivity contribution in [1.29, 1.82) is 5.26 Å². The van der Waals surface area contributed by atoms with E-state index in [1.165, 1.54) is 12.3 Å². The molecule has 9 heteroatoms. The van der Waals surface area contributed by atoms with Crippen LogP contribution in [0.3, 0.4) is 0 Å². The average molecular weight is 453 g/mol. The number of H-pyrrole nitrogens is 1. The van der Waals surface area contributed by atoms with E-state index >= 15 is 0 Å². The van der Waals surface area contributed by atoms with Gasteiger partial charge in [-0.1, -0.05) is 31.9 Å². The van der Waals surface area contributed by atoms with Gasteiger partial charge in [-0.2, -0.15) is 10.4 Å². The number of hydrogen-bond acceptors (Lipinski definition) is 5. The fraction of sp³-hybridized carbons (Fsp3) is 0.333. The van der Waals surface area contributed by atoms with Crippen molar-refractivity contribution in [2.45, 2.75) is 39.0 Å². The molecule has 0 saturated heterocycles. The third-order valence-corrected chi connectivity index (χ3v) is 5.54. The van der Waals surface area contributed by atoms with Crippen LogP contribution in [-0.4, -0.2) is 27.5 Å². The van der Waals surface area contributed by atoms with Crippen LogP contribution in [0, 0.1) is 28.9 Å². The van der Waals surface area contributed by atoms with Gasteiger partial charge in [0.25, 0.3) is 5.56 Å². The van der Waals surface area contributed by atoms with Crippen LogP contribution in [-0.2, 0) is 0 Å². The number of aromatic nitrogens is 3. The third kappa shape index (κ3) is 5.00. The van der Waals surface area contributed by atoms with Gasteiger partial charge in [-0.15, -0.1) is 0 Å². The van der Waals surface area contributed by atoms with Crippen LogP contribution < -0.4 is 11.3 Å². The molecule has 3 rings (SSSR count). The van der Waals surface area contributed by atoms with Crippen LogP contribution >= 0.6 is 0 Å². The van der Waals surface area contributed by atoms with Crippen molar-refractivity contribution < 1.29 is 8.78 Å². The SMILES string of the molecule is CCCC[C@H](CC#N)C/C=C/C(=N\C)c1cn(-c2c(F)cccc2F)c(=O)c2c(N)n[nH]c12. The molecule has 7 nitrogen and oxygen atoms in total. The summed E-state index contributed by atoms with van der Waals surface area (Å²) in [4.78, 5) is 17.4. The van der Waals surface area contributed by atoms with E-state index in [9.17, 15) is 13.6 Å². The lowest BCUT2D eigenvalue weighted by Gasteiger charge is -2.12. The van der Waals surface area contributed by atoms with Crippen molar-refractivity contribution in [3.05, 3.63) is 64.1 Å². The Morgan fingerprint density at radius 2 is 2.12 bits per heavy atom. The number of pyridine rings is 1. The van der Waals surface area contributed by atoms with E-state index in [1.54, 1.807) is 13.1 Å². The van der Waals surface area contributed by atoms with Gasteiger partial charge in [0, 0.05) is 25.2 Å². The predicted octanol–water partition coefficient (Wildman–Crippen LogP) is 4.66. The van der Waals surface area contributed by atoms with Crippen LogP contribution in [0.15, 0.2) is 46.3 Å². The summed E-state index contributed by atoms with van der Waals surface area (Å²) in [7, 11) is 1.58. The minimum atomic E-state index is -0.884. The van der Waals surface area contributed by atoms with Gasteiger partial charge >= 0.3 is 0 Å². The molecule has 0 aliphatic rings. The van der Waals surface area contributed by atoms with Crippen LogP contribution in [0.1, 0.15) is 44.6 Å². The number of para-hydroxylation sites is 1. The smallest absolute Gasteiger partial charge is 0.268 e. The summed E-state index contributed by atoms with van der Waals surface area (Å²) < 4.78 is 29.9. The lowest BCUT2D eigenvalue weighted by molar-refractivity contribution is 0.479. The van der Waals surface area contributed by atoms with Crippen LogP contribution in [0.5, 0.6) is 0 Å². The Labute approximate surface area is 190 Å².